The Labute approximate surface area is 108 Å². The molecule has 3 nitrogen and oxygen atoms in total. The quantitative estimate of drug-likeness (QED) is 0.803. The van der Waals surface area contributed by atoms with E-state index in [9.17, 15) is 9.18 Å². The van der Waals surface area contributed by atoms with Gasteiger partial charge in [0.25, 0.3) is 0 Å². The summed E-state index contributed by atoms with van der Waals surface area (Å²) in [5, 5.41) is 0.786. The lowest BCUT2D eigenvalue weighted by Crippen LogP contribution is -2.24. The average Bonchev–Trinajstić information content (AvgIpc) is 2.70. The molecule has 0 spiro atoms. The van der Waals surface area contributed by atoms with E-state index in [0.717, 1.165) is 5.33 Å². The first kappa shape index (κ1) is 12.4. The number of carbonyl (C=O) groups excluding carboxylic acids is 1. The van der Waals surface area contributed by atoms with E-state index in [1.54, 1.807) is 17.0 Å². The fraction of sp³-hybridized carbons (Fsp3) is 0.417. The summed E-state index contributed by atoms with van der Waals surface area (Å²) >= 11 is 3.37. The number of hydrogen-bond acceptors (Lipinski definition) is 2. The van der Waals surface area contributed by atoms with E-state index >= 15 is 0 Å². The van der Waals surface area contributed by atoms with Gasteiger partial charge in [0, 0.05) is 30.0 Å². The molecule has 1 aromatic rings. The Morgan fingerprint density at radius 1 is 1.59 bits per heavy atom. The summed E-state index contributed by atoms with van der Waals surface area (Å²) in [6.07, 6.45) is 0.513. The fourth-order valence-corrected chi connectivity index (χ4v) is 2.39. The number of rotatable bonds is 3. The number of ether oxygens (including phenoxy) is 1. The van der Waals surface area contributed by atoms with Crippen LogP contribution in [0.2, 0.25) is 0 Å². The zero-order valence-electron chi connectivity index (χ0n) is 9.45. The summed E-state index contributed by atoms with van der Waals surface area (Å²) in [5.74, 6) is 0.0872. The van der Waals surface area contributed by atoms with Gasteiger partial charge >= 0.3 is 0 Å². The molecule has 1 amide bonds. The van der Waals surface area contributed by atoms with Crippen LogP contribution in [-0.2, 0) is 4.79 Å². The molecular formula is C12H13BrFNO2. The highest BCUT2D eigenvalue weighted by Crippen LogP contribution is 2.29. The van der Waals surface area contributed by atoms with Crippen LogP contribution < -0.4 is 9.64 Å². The number of benzene rings is 1. The molecule has 1 atom stereocenters. The fourth-order valence-electron chi connectivity index (χ4n) is 1.96. The van der Waals surface area contributed by atoms with Crippen LogP contribution in [0.1, 0.15) is 6.42 Å². The maximum absolute atomic E-state index is 13.5. The normalized spacial score (nSPS) is 19.8. The number of halogens is 2. The van der Waals surface area contributed by atoms with Crippen LogP contribution in [0.15, 0.2) is 18.2 Å². The molecule has 0 aromatic heterocycles. The number of amides is 1. The van der Waals surface area contributed by atoms with E-state index in [-0.39, 0.29) is 11.7 Å². The van der Waals surface area contributed by atoms with Gasteiger partial charge in [0.1, 0.15) is 0 Å². The van der Waals surface area contributed by atoms with E-state index in [4.69, 9.17) is 4.74 Å². The van der Waals surface area contributed by atoms with Gasteiger partial charge < -0.3 is 9.64 Å². The largest absolute Gasteiger partial charge is 0.494 e. The van der Waals surface area contributed by atoms with E-state index in [1.165, 1.54) is 13.2 Å². The Hall–Kier alpha value is -1.10. The molecule has 1 aliphatic rings. The number of nitrogens with zero attached hydrogens (tertiary/aromatic N) is 1. The second-order valence-corrected chi connectivity index (χ2v) is 4.70. The minimum Gasteiger partial charge on any atom is -0.494 e. The highest BCUT2D eigenvalue weighted by atomic mass is 79.9. The van der Waals surface area contributed by atoms with Crippen LogP contribution in [0, 0.1) is 11.7 Å². The van der Waals surface area contributed by atoms with E-state index in [2.05, 4.69) is 15.9 Å². The molecule has 0 radical (unpaired) electrons. The minimum absolute atomic E-state index is 0.0408. The van der Waals surface area contributed by atoms with Crippen LogP contribution in [0.25, 0.3) is 0 Å². The first-order valence-electron chi connectivity index (χ1n) is 5.35. The number of carbonyl (C=O) groups is 1. The lowest BCUT2D eigenvalue weighted by Gasteiger charge is -2.17. The van der Waals surface area contributed by atoms with Crippen molar-refractivity contribution in [2.24, 2.45) is 5.92 Å². The summed E-state index contributed by atoms with van der Waals surface area (Å²) in [4.78, 5) is 13.4. The second-order valence-electron chi connectivity index (χ2n) is 4.05. The van der Waals surface area contributed by atoms with Crippen molar-refractivity contribution in [3.63, 3.8) is 0 Å². The predicted molar refractivity (Wildman–Crippen MR) is 67.2 cm³/mol. The summed E-state index contributed by atoms with van der Waals surface area (Å²) < 4.78 is 18.4. The Morgan fingerprint density at radius 2 is 2.35 bits per heavy atom. The smallest absolute Gasteiger partial charge is 0.227 e. The van der Waals surface area contributed by atoms with Crippen LogP contribution in [-0.4, -0.2) is 24.9 Å². The monoisotopic (exact) mass is 301 g/mol. The van der Waals surface area contributed by atoms with Crippen molar-refractivity contribution >= 4 is 27.5 Å². The van der Waals surface area contributed by atoms with Crippen molar-refractivity contribution in [1.82, 2.24) is 0 Å². The number of alkyl halides is 1. The van der Waals surface area contributed by atoms with Gasteiger partial charge in [-0.25, -0.2) is 4.39 Å². The molecule has 92 valence electrons. The third-order valence-electron chi connectivity index (χ3n) is 2.87. The van der Waals surface area contributed by atoms with Crippen molar-refractivity contribution in [3.8, 4) is 5.75 Å². The topological polar surface area (TPSA) is 29.5 Å². The third-order valence-corrected chi connectivity index (χ3v) is 3.79. The molecule has 1 aliphatic heterocycles. The van der Waals surface area contributed by atoms with E-state index in [1.807, 2.05) is 0 Å². The Kier molecular flexibility index (Phi) is 3.66. The minimum atomic E-state index is -0.444. The van der Waals surface area contributed by atoms with Gasteiger partial charge in [-0.05, 0) is 18.1 Å². The van der Waals surface area contributed by atoms with Gasteiger partial charge in [-0.1, -0.05) is 15.9 Å². The summed E-state index contributed by atoms with van der Waals surface area (Å²) in [5.41, 5.74) is 0.594. The van der Waals surface area contributed by atoms with Gasteiger partial charge in [-0.3, -0.25) is 4.79 Å². The lowest BCUT2D eigenvalue weighted by atomic mass is 10.2. The van der Waals surface area contributed by atoms with Crippen LogP contribution in [0.3, 0.4) is 0 Å². The number of hydrogen-bond donors (Lipinski definition) is 0. The Balaban J connectivity index is 2.23. The molecule has 1 heterocycles. The number of anilines is 1. The maximum Gasteiger partial charge on any atom is 0.227 e. The molecule has 1 unspecified atom stereocenters. The molecule has 17 heavy (non-hydrogen) atoms. The van der Waals surface area contributed by atoms with Gasteiger partial charge in [0.05, 0.1) is 7.11 Å². The van der Waals surface area contributed by atoms with Gasteiger partial charge in [0.15, 0.2) is 11.6 Å². The van der Waals surface area contributed by atoms with Gasteiger partial charge in [-0.2, -0.15) is 0 Å². The number of methoxy groups -OCH3 is 1. The van der Waals surface area contributed by atoms with Crippen molar-refractivity contribution < 1.29 is 13.9 Å². The third kappa shape index (κ3) is 2.44. The van der Waals surface area contributed by atoms with Crippen molar-refractivity contribution in [1.29, 1.82) is 0 Å². The molecule has 5 heteroatoms. The van der Waals surface area contributed by atoms with Gasteiger partial charge in [0.2, 0.25) is 5.91 Å². The Bertz CT molecular complexity index is 439. The zero-order chi connectivity index (χ0) is 12.4. The predicted octanol–water partition coefficient (Wildman–Crippen LogP) is 2.58. The Morgan fingerprint density at radius 3 is 2.88 bits per heavy atom. The van der Waals surface area contributed by atoms with Crippen LogP contribution >= 0.6 is 15.9 Å². The molecule has 0 saturated carbocycles. The first-order valence-corrected chi connectivity index (χ1v) is 6.47. The van der Waals surface area contributed by atoms with E-state index in [0.29, 0.717) is 24.6 Å². The zero-order valence-corrected chi connectivity index (χ0v) is 11.0. The molecule has 0 aliphatic carbocycles. The molecule has 0 N–H and O–H groups in total. The SMILES string of the molecule is COc1ccc(N2CC(CBr)CC2=O)cc1F. The van der Waals surface area contributed by atoms with Crippen molar-refractivity contribution in [2.75, 3.05) is 23.9 Å². The summed E-state index contributed by atoms with van der Waals surface area (Å²) in [7, 11) is 1.42. The molecular weight excluding hydrogens is 289 g/mol. The lowest BCUT2D eigenvalue weighted by molar-refractivity contribution is -0.117. The highest BCUT2D eigenvalue weighted by Gasteiger charge is 2.30. The first-order chi connectivity index (χ1) is 8.15. The maximum atomic E-state index is 13.5. The summed E-state index contributed by atoms with van der Waals surface area (Å²) in [6.45, 7) is 0.635. The molecule has 1 fully saturated rings. The van der Waals surface area contributed by atoms with E-state index < -0.39 is 5.82 Å². The summed E-state index contributed by atoms with van der Waals surface area (Å²) in [6, 6.07) is 4.59. The molecule has 1 aromatic carbocycles. The van der Waals surface area contributed by atoms with Crippen molar-refractivity contribution in [2.45, 2.75) is 6.42 Å². The van der Waals surface area contributed by atoms with Crippen molar-refractivity contribution in [3.05, 3.63) is 24.0 Å². The average molecular weight is 302 g/mol. The molecule has 2 rings (SSSR count). The molecule has 0 bridgehead atoms. The van der Waals surface area contributed by atoms with Crippen LogP contribution in [0.4, 0.5) is 10.1 Å². The standard InChI is InChI=1S/C12H13BrFNO2/c1-17-11-3-2-9(5-10(11)14)15-7-8(6-13)4-12(15)16/h2-3,5,8H,4,6-7H2,1H3. The molecule has 1 saturated heterocycles. The van der Waals surface area contributed by atoms with Gasteiger partial charge in [-0.15, -0.1) is 0 Å². The highest BCUT2D eigenvalue weighted by molar-refractivity contribution is 9.09. The second kappa shape index (κ2) is 5.04. The van der Waals surface area contributed by atoms with Crippen LogP contribution in [0.5, 0.6) is 5.75 Å².